The van der Waals surface area contributed by atoms with E-state index in [2.05, 4.69) is 6.92 Å². The van der Waals surface area contributed by atoms with Gasteiger partial charge < -0.3 is 0 Å². The number of hydrogen-bond donors (Lipinski definition) is 1. The van der Waals surface area contributed by atoms with Crippen LogP contribution in [0.5, 0.6) is 0 Å². The summed E-state index contributed by atoms with van der Waals surface area (Å²) in [5, 5.41) is -0.552. The topological polar surface area (TPSA) is 54.4 Å². The first kappa shape index (κ1) is 11.9. The van der Waals surface area contributed by atoms with Crippen LogP contribution < -0.4 is 0 Å². The minimum atomic E-state index is -3.80. The zero-order chi connectivity index (χ0) is 9.61. The Morgan fingerprint density at radius 3 is 2.17 bits per heavy atom. The summed E-state index contributed by atoms with van der Waals surface area (Å²) in [6.45, 7) is 3.85. The molecule has 0 aliphatic rings. The third-order valence-corrected chi connectivity index (χ3v) is 3.42. The van der Waals surface area contributed by atoms with Gasteiger partial charge in [-0.25, -0.2) is 0 Å². The molecule has 0 fully saturated rings. The van der Waals surface area contributed by atoms with Crippen molar-refractivity contribution in [1.29, 1.82) is 0 Å². The first-order valence-electron chi connectivity index (χ1n) is 4.48. The number of hydrogen-bond acceptors (Lipinski definition) is 2. The zero-order valence-corrected chi connectivity index (χ0v) is 8.60. The second-order valence-corrected chi connectivity index (χ2v) is 4.74. The van der Waals surface area contributed by atoms with E-state index in [1.54, 1.807) is 6.92 Å². The third-order valence-electron chi connectivity index (χ3n) is 2.01. The van der Waals surface area contributed by atoms with Crippen LogP contribution in [0.1, 0.15) is 46.0 Å². The van der Waals surface area contributed by atoms with Crippen molar-refractivity contribution in [3.05, 3.63) is 0 Å². The molecule has 0 heterocycles. The number of unbranched alkanes of at least 4 members (excludes halogenated alkanes) is 2. The average molecular weight is 194 g/mol. The van der Waals surface area contributed by atoms with Crippen molar-refractivity contribution in [1.82, 2.24) is 0 Å². The van der Waals surface area contributed by atoms with E-state index in [0.29, 0.717) is 12.8 Å². The molecule has 1 N–H and O–H groups in total. The van der Waals surface area contributed by atoms with Crippen LogP contribution in [0.15, 0.2) is 0 Å². The molecule has 12 heavy (non-hydrogen) atoms. The van der Waals surface area contributed by atoms with Crippen molar-refractivity contribution in [3.8, 4) is 0 Å². The summed E-state index contributed by atoms with van der Waals surface area (Å²) in [5.41, 5.74) is 0. The summed E-state index contributed by atoms with van der Waals surface area (Å²) >= 11 is 0. The smallest absolute Gasteiger partial charge is 0.267 e. The molecule has 1 unspecified atom stereocenters. The second kappa shape index (κ2) is 5.54. The van der Waals surface area contributed by atoms with E-state index >= 15 is 0 Å². The largest absolute Gasteiger partial charge is 0.285 e. The van der Waals surface area contributed by atoms with Crippen molar-refractivity contribution in [2.75, 3.05) is 0 Å². The van der Waals surface area contributed by atoms with Crippen LogP contribution in [0.4, 0.5) is 0 Å². The Morgan fingerprint density at radius 1 is 1.25 bits per heavy atom. The molecule has 1 atom stereocenters. The molecule has 0 amide bonds. The van der Waals surface area contributed by atoms with Crippen LogP contribution >= 0.6 is 0 Å². The van der Waals surface area contributed by atoms with Gasteiger partial charge in [-0.3, -0.25) is 4.55 Å². The molecule has 0 spiro atoms. The van der Waals surface area contributed by atoms with Gasteiger partial charge in [0.05, 0.1) is 5.25 Å². The highest BCUT2D eigenvalue weighted by molar-refractivity contribution is 7.86. The highest BCUT2D eigenvalue weighted by Crippen LogP contribution is 2.13. The predicted molar refractivity (Wildman–Crippen MR) is 49.8 cm³/mol. The van der Waals surface area contributed by atoms with Crippen molar-refractivity contribution >= 4 is 10.1 Å². The van der Waals surface area contributed by atoms with E-state index in [9.17, 15) is 8.42 Å². The zero-order valence-electron chi connectivity index (χ0n) is 7.78. The van der Waals surface area contributed by atoms with E-state index in [1.165, 1.54) is 0 Å². The van der Waals surface area contributed by atoms with Gasteiger partial charge >= 0.3 is 0 Å². The Kier molecular flexibility index (Phi) is 5.50. The Balaban J connectivity index is 3.85. The lowest BCUT2D eigenvalue weighted by molar-refractivity contribution is 0.454. The minimum absolute atomic E-state index is 0.503. The molecule has 0 radical (unpaired) electrons. The van der Waals surface area contributed by atoms with E-state index < -0.39 is 15.4 Å². The fraction of sp³-hybridized carbons (Fsp3) is 1.00. The Labute approximate surface area is 74.9 Å². The van der Waals surface area contributed by atoms with Crippen LogP contribution in [-0.4, -0.2) is 18.2 Å². The van der Waals surface area contributed by atoms with Crippen molar-refractivity contribution in [3.63, 3.8) is 0 Å². The maximum Gasteiger partial charge on any atom is 0.267 e. The van der Waals surface area contributed by atoms with Gasteiger partial charge in [0, 0.05) is 0 Å². The maximum atomic E-state index is 10.7. The molecule has 0 aliphatic heterocycles. The van der Waals surface area contributed by atoms with Crippen LogP contribution in [0.2, 0.25) is 0 Å². The quantitative estimate of drug-likeness (QED) is 0.521. The normalized spacial score (nSPS) is 14.6. The van der Waals surface area contributed by atoms with Crippen molar-refractivity contribution in [2.24, 2.45) is 0 Å². The van der Waals surface area contributed by atoms with Gasteiger partial charge in [0.15, 0.2) is 0 Å². The second-order valence-electron chi connectivity index (χ2n) is 3.04. The molecule has 0 saturated heterocycles. The molecular weight excluding hydrogens is 176 g/mol. The Bertz CT molecular complexity index is 196. The fourth-order valence-electron chi connectivity index (χ4n) is 1.19. The SMILES string of the molecule is CCCCCC(CC)S(=O)(=O)O. The Hall–Kier alpha value is -0.0900. The van der Waals surface area contributed by atoms with Gasteiger partial charge in [-0.1, -0.05) is 33.1 Å². The Morgan fingerprint density at radius 2 is 1.83 bits per heavy atom. The summed E-state index contributed by atoms with van der Waals surface area (Å²) in [4.78, 5) is 0. The molecule has 74 valence electrons. The van der Waals surface area contributed by atoms with Crippen LogP contribution in [-0.2, 0) is 10.1 Å². The first-order valence-corrected chi connectivity index (χ1v) is 5.99. The van der Waals surface area contributed by atoms with Crippen molar-refractivity contribution in [2.45, 2.75) is 51.2 Å². The average Bonchev–Trinajstić information content (AvgIpc) is 1.95. The van der Waals surface area contributed by atoms with Crippen LogP contribution in [0, 0.1) is 0 Å². The lowest BCUT2D eigenvalue weighted by atomic mass is 10.1. The van der Waals surface area contributed by atoms with E-state index in [-0.39, 0.29) is 0 Å². The lowest BCUT2D eigenvalue weighted by Crippen LogP contribution is -2.19. The van der Waals surface area contributed by atoms with Gasteiger partial charge in [-0.05, 0) is 12.8 Å². The molecular formula is C8H18O3S. The lowest BCUT2D eigenvalue weighted by Gasteiger charge is -2.09. The molecule has 0 aromatic carbocycles. The molecule has 4 heteroatoms. The highest BCUT2D eigenvalue weighted by atomic mass is 32.2. The molecule has 0 bridgehead atoms. The van der Waals surface area contributed by atoms with Crippen LogP contribution in [0.25, 0.3) is 0 Å². The van der Waals surface area contributed by atoms with Gasteiger partial charge in [-0.15, -0.1) is 0 Å². The minimum Gasteiger partial charge on any atom is -0.285 e. The summed E-state index contributed by atoms with van der Waals surface area (Å²) in [5.74, 6) is 0. The summed E-state index contributed by atoms with van der Waals surface area (Å²) in [7, 11) is -3.80. The van der Waals surface area contributed by atoms with Crippen molar-refractivity contribution < 1.29 is 13.0 Å². The van der Waals surface area contributed by atoms with Gasteiger partial charge in [0.1, 0.15) is 0 Å². The summed E-state index contributed by atoms with van der Waals surface area (Å²) < 4.78 is 30.2. The summed E-state index contributed by atoms with van der Waals surface area (Å²) in [6.07, 6.45) is 4.08. The summed E-state index contributed by atoms with van der Waals surface area (Å²) in [6, 6.07) is 0. The van der Waals surface area contributed by atoms with Gasteiger partial charge in [0.2, 0.25) is 0 Å². The van der Waals surface area contributed by atoms with E-state index in [4.69, 9.17) is 4.55 Å². The van der Waals surface area contributed by atoms with E-state index in [1.807, 2.05) is 0 Å². The monoisotopic (exact) mass is 194 g/mol. The molecule has 0 aliphatic carbocycles. The van der Waals surface area contributed by atoms with Crippen LogP contribution in [0.3, 0.4) is 0 Å². The predicted octanol–water partition coefficient (Wildman–Crippen LogP) is 2.23. The molecule has 0 rings (SSSR count). The third kappa shape index (κ3) is 4.72. The van der Waals surface area contributed by atoms with E-state index in [0.717, 1.165) is 19.3 Å². The molecule has 0 aromatic heterocycles. The molecule has 3 nitrogen and oxygen atoms in total. The highest BCUT2D eigenvalue weighted by Gasteiger charge is 2.19. The maximum absolute atomic E-state index is 10.7. The molecule has 0 aromatic rings. The first-order chi connectivity index (χ1) is 5.52. The van der Waals surface area contributed by atoms with Gasteiger partial charge in [0.25, 0.3) is 10.1 Å². The standard InChI is InChI=1S/C8H18O3S/c1-3-5-6-7-8(4-2)12(9,10)11/h8H,3-7H2,1-2H3,(H,9,10,11). The fourth-order valence-corrected chi connectivity index (χ4v) is 2.07. The number of rotatable bonds is 6. The molecule has 0 saturated carbocycles. The van der Waals surface area contributed by atoms with Gasteiger partial charge in [-0.2, -0.15) is 8.42 Å².